The van der Waals surface area contributed by atoms with Crippen LogP contribution in [0.1, 0.15) is 42.1 Å². The van der Waals surface area contributed by atoms with Crippen molar-refractivity contribution in [2.24, 2.45) is 0 Å². The number of Topliss-reactive ketones (excluding diaryl/α,β-unsaturated/α-hetero) is 1. The third kappa shape index (κ3) is 3.64. The minimum atomic E-state index is -0.901. The summed E-state index contributed by atoms with van der Waals surface area (Å²) in [6.07, 6.45) is 2.82. The summed E-state index contributed by atoms with van der Waals surface area (Å²) in [4.78, 5) is 24.3. The number of aromatic carboxylic acids is 1. The second-order valence-corrected chi connectivity index (χ2v) is 5.17. The monoisotopic (exact) mass is 261 g/mol. The lowest BCUT2D eigenvalue weighted by molar-refractivity contribution is -0.118. The van der Waals surface area contributed by atoms with E-state index in [9.17, 15) is 9.59 Å². The molecule has 0 spiro atoms. The number of nitrogens with zero attached hydrogens (tertiary/aromatic N) is 1. The zero-order chi connectivity index (χ0) is 13.8. The first kappa shape index (κ1) is 13.7. The van der Waals surface area contributed by atoms with Gasteiger partial charge in [0.05, 0.1) is 5.56 Å². The van der Waals surface area contributed by atoms with E-state index in [1.807, 2.05) is 12.1 Å². The maximum Gasteiger partial charge on any atom is 0.335 e. The highest BCUT2D eigenvalue weighted by molar-refractivity contribution is 5.87. The number of rotatable bonds is 5. The van der Waals surface area contributed by atoms with Crippen molar-refractivity contribution >= 4 is 11.8 Å². The van der Waals surface area contributed by atoms with Crippen LogP contribution >= 0.6 is 0 Å². The molecular formula is C15H19NO3. The van der Waals surface area contributed by atoms with Crippen LogP contribution in [0.25, 0.3) is 0 Å². The van der Waals surface area contributed by atoms with Gasteiger partial charge < -0.3 is 5.11 Å². The molecular weight excluding hydrogens is 242 g/mol. The zero-order valence-corrected chi connectivity index (χ0v) is 11.1. The van der Waals surface area contributed by atoms with Crippen LogP contribution in [0.3, 0.4) is 0 Å². The molecule has 1 aliphatic heterocycles. The maximum absolute atomic E-state index is 11.2. The van der Waals surface area contributed by atoms with Crippen LogP contribution in [-0.2, 0) is 11.3 Å². The molecule has 0 bridgehead atoms. The Morgan fingerprint density at radius 1 is 1.32 bits per heavy atom. The topological polar surface area (TPSA) is 57.6 Å². The maximum atomic E-state index is 11.2. The number of likely N-dealkylation sites (tertiary alicyclic amines) is 1. The van der Waals surface area contributed by atoms with E-state index < -0.39 is 5.97 Å². The van der Waals surface area contributed by atoms with Gasteiger partial charge in [-0.15, -0.1) is 0 Å². The van der Waals surface area contributed by atoms with Gasteiger partial charge in [-0.3, -0.25) is 9.69 Å². The Morgan fingerprint density at radius 2 is 2.00 bits per heavy atom. The smallest absolute Gasteiger partial charge is 0.335 e. The molecule has 0 radical (unpaired) electrons. The van der Waals surface area contributed by atoms with Gasteiger partial charge in [0, 0.05) is 19.0 Å². The van der Waals surface area contributed by atoms with Crippen molar-refractivity contribution in [3.63, 3.8) is 0 Å². The molecule has 1 aromatic carbocycles. The molecule has 0 saturated carbocycles. The normalized spacial score (nSPS) is 19.5. The molecule has 0 amide bonds. The van der Waals surface area contributed by atoms with E-state index in [2.05, 4.69) is 4.90 Å². The van der Waals surface area contributed by atoms with E-state index in [0.717, 1.165) is 31.5 Å². The summed E-state index contributed by atoms with van der Waals surface area (Å²) in [5.74, 6) is -0.666. The van der Waals surface area contributed by atoms with E-state index in [1.54, 1.807) is 19.1 Å². The first-order valence-corrected chi connectivity index (χ1v) is 6.62. The number of benzene rings is 1. The lowest BCUT2D eigenvalue weighted by atomic mass is 10.1. The molecule has 1 N–H and O–H groups in total. The highest BCUT2D eigenvalue weighted by Gasteiger charge is 2.25. The quantitative estimate of drug-likeness (QED) is 0.883. The van der Waals surface area contributed by atoms with Crippen molar-refractivity contribution in [3.05, 3.63) is 35.4 Å². The highest BCUT2D eigenvalue weighted by Crippen LogP contribution is 2.22. The molecule has 2 rings (SSSR count). The van der Waals surface area contributed by atoms with Crippen molar-refractivity contribution in [2.45, 2.75) is 38.8 Å². The van der Waals surface area contributed by atoms with Crippen LogP contribution in [0.2, 0.25) is 0 Å². The van der Waals surface area contributed by atoms with Crippen LogP contribution in [0.4, 0.5) is 0 Å². The number of carbonyl (C=O) groups is 2. The zero-order valence-electron chi connectivity index (χ0n) is 11.1. The lowest BCUT2D eigenvalue weighted by Crippen LogP contribution is -2.30. The summed E-state index contributed by atoms with van der Waals surface area (Å²) in [7, 11) is 0. The predicted octanol–water partition coefficient (Wildman–Crippen LogP) is 2.33. The van der Waals surface area contributed by atoms with Gasteiger partial charge in [-0.05, 0) is 44.0 Å². The molecule has 4 nitrogen and oxygen atoms in total. The number of hydrogen-bond acceptors (Lipinski definition) is 3. The van der Waals surface area contributed by atoms with Crippen molar-refractivity contribution in [2.75, 3.05) is 6.54 Å². The molecule has 4 heteroatoms. The molecule has 102 valence electrons. The summed E-state index contributed by atoms with van der Waals surface area (Å²) in [6, 6.07) is 7.32. The van der Waals surface area contributed by atoms with Crippen LogP contribution in [0.5, 0.6) is 0 Å². The number of carboxylic acids is 1. The number of hydrogen-bond donors (Lipinski definition) is 1. The van der Waals surface area contributed by atoms with Gasteiger partial charge in [-0.2, -0.15) is 0 Å². The van der Waals surface area contributed by atoms with Gasteiger partial charge in [0.1, 0.15) is 5.78 Å². The molecule has 1 aromatic rings. The van der Waals surface area contributed by atoms with Crippen molar-refractivity contribution in [1.29, 1.82) is 0 Å². The Balaban J connectivity index is 1.99. The molecule has 1 atom stereocenters. The molecule has 1 saturated heterocycles. The lowest BCUT2D eigenvalue weighted by Gasteiger charge is -2.23. The predicted molar refractivity (Wildman–Crippen MR) is 72.1 cm³/mol. The first-order valence-electron chi connectivity index (χ1n) is 6.62. The van der Waals surface area contributed by atoms with Gasteiger partial charge in [-0.1, -0.05) is 12.1 Å². The fourth-order valence-electron chi connectivity index (χ4n) is 2.65. The minimum absolute atomic E-state index is 0.234. The van der Waals surface area contributed by atoms with E-state index in [0.29, 0.717) is 18.0 Å². The van der Waals surface area contributed by atoms with Crippen LogP contribution in [0.15, 0.2) is 24.3 Å². The van der Waals surface area contributed by atoms with Crippen molar-refractivity contribution < 1.29 is 14.7 Å². The Bertz CT molecular complexity index is 467. The molecule has 1 fully saturated rings. The van der Waals surface area contributed by atoms with Crippen LogP contribution in [0, 0.1) is 0 Å². The Morgan fingerprint density at radius 3 is 2.58 bits per heavy atom. The largest absolute Gasteiger partial charge is 0.478 e. The van der Waals surface area contributed by atoms with E-state index in [4.69, 9.17) is 5.11 Å². The number of carboxylic acid groups (broad SMARTS) is 1. The van der Waals surface area contributed by atoms with Gasteiger partial charge in [0.15, 0.2) is 0 Å². The average molecular weight is 261 g/mol. The highest BCUT2D eigenvalue weighted by atomic mass is 16.4. The molecule has 1 aliphatic rings. The van der Waals surface area contributed by atoms with Crippen molar-refractivity contribution in [3.8, 4) is 0 Å². The molecule has 19 heavy (non-hydrogen) atoms. The van der Waals surface area contributed by atoms with Crippen molar-refractivity contribution in [1.82, 2.24) is 4.90 Å². The average Bonchev–Trinajstić information content (AvgIpc) is 2.76. The summed E-state index contributed by atoms with van der Waals surface area (Å²) >= 11 is 0. The standard InChI is InChI=1S/C15H19NO3/c1-11(17)9-14-3-2-8-16(14)10-12-4-6-13(7-5-12)15(18)19/h4-7,14H,2-3,8-10H2,1H3,(H,18,19). The minimum Gasteiger partial charge on any atom is -0.478 e. The first-order chi connectivity index (χ1) is 9.06. The van der Waals surface area contributed by atoms with Gasteiger partial charge in [0.2, 0.25) is 0 Å². The van der Waals surface area contributed by atoms with Gasteiger partial charge in [-0.25, -0.2) is 4.79 Å². The molecule has 1 unspecified atom stereocenters. The summed E-state index contributed by atoms with van der Waals surface area (Å²) in [5, 5.41) is 8.85. The number of ketones is 1. The summed E-state index contributed by atoms with van der Waals surface area (Å²) in [5.41, 5.74) is 1.41. The molecule has 1 heterocycles. The molecule has 0 aromatic heterocycles. The third-order valence-electron chi connectivity index (χ3n) is 3.61. The second kappa shape index (κ2) is 5.97. The fourth-order valence-corrected chi connectivity index (χ4v) is 2.65. The molecule has 0 aliphatic carbocycles. The number of carbonyl (C=O) groups excluding carboxylic acids is 1. The SMILES string of the molecule is CC(=O)CC1CCCN1Cc1ccc(C(=O)O)cc1. The van der Waals surface area contributed by atoms with Crippen LogP contribution in [-0.4, -0.2) is 34.3 Å². The van der Waals surface area contributed by atoms with Gasteiger partial charge >= 0.3 is 5.97 Å². The summed E-state index contributed by atoms with van der Waals surface area (Å²) < 4.78 is 0. The van der Waals surface area contributed by atoms with E-state index in [1.165, 1.54) is 0 Å². The van der Waals surface area contributed by atoms with Gasteiger partial charge in [0.25, 0.3) is 0 Å². The van der Waals surface area contributed by atoms with Crippen LogP contribution < -0.4 is 0 Å². The fraction of sp³-hybridized carbons (Fsp3) is 0.467. The third-order valence-corrected chi connectivity index (χ3v) is 3.61. The van der Waals surface area contributed by atoms with E-state index in [-0.39, 0.29) is 5.78 Å². The Hall–Kier alpha value is -1.68. The second-order valence-electron chi connectivity index (χ2n) is 5.17. The summed E-state index contributed by atoms with van der Waals surface area (Å²) in [6.45, 7) is 3.44. The Labute approximate surface area is 113 Å². The van der Waals surface area contributed by atoms with E-state index >= 15 is 0 Å². The Kier molecular flexibility index (Phi) is 4.32.